The molecule has 0 bridgehead atoms. The average Bonchev–Trinajstić information content (AvgIpc) is 2.39. The van der Waals surface area contributed by atoms with E-state index in [2.05, 4.69) is 19.2 Å². The largest absolute Gasteiger partial charge is 0.397 e. The number of sulfone groups is 1. The summed E-state index contributed by atoms with van der Waals surface area (Å²) in [6.45, 7) is 5.26. The van der Waals surface area contributed by atoms with Crippen molar-refractivity contribution in [3.63, 3.8) is 0 Å². The summed E-state index contributed by atoms with van der Waals surface area (Å²) < 4.78 is 22.9. The van der Waals surface area contributed by atoms with Gasteiger partial charge in [0, 0.05) is 12.8 Å². The smallest absolute Gasteiger partial charge is 0.175 e. The van der Waals surface area contributed by atoms with Crippen molar-refractivity contribution in [3.05, 3.63) is 18.2 Å². The van der Waals surface area contributed by atoms with Gasteiger partial charge in [-0.25, -0.2) is 8.42 Å². The lowest BCUT2D eigenvalue weighted by Crippen LogP contribution is -2.14. The first-order chi connectivity index (χ1) is 9.38. The van der Waals surface area contributed by atoms with Crippen molar-refractivity contribution < 1.29 is 8.42 Å². The molecular weight excluding hydrogens is 272 g/mol. The fraction of sp³-hybridized carbons (Fsp3) is 0.600. The Kier molecular flexibility index (Phi) is 6.33. The van der Waals surface area contributed by atoms with Gasteiger partial charge in [-0.3, -0.25) is 0 Å². The Morgan fingerprint density at radius 3 is 2.50 bits per heavy atom. The second-order valence-corrected chi connectivity index (χ2v) is 7.33. The van der Waals surface area contributed by atoms with E-state index in [9.17, 15) is 8.42 Å². The van der Waals surface area contributed by atoms with E-state index >= 15 is 0 Å². The molecule has 4 nitrogen and oxygen atoms in total. The lowest BCUT2D eigenvalue weighted by atomic mass is 9.99. The summed E-state index contributed by atoms with van der Waals surface area (Å²) in [5.74, 6) is 0.629. The Balaban J connectivity index is 2.69. The number of hydrogen-bond acceptors (Lipinski definition) is 4. The van der Waals surface area contributed by atoms with Crippen LogP contribution >= 0.6 is 0 Å². The third kappa shape index (κ3) is 5.04. The summed E-state index contributed by atoms with van der Waals surface area (Å²) in [6, 6.07) is 4.87. The Morgan fingerprint density at radius 1 is 1.30 bits per heavy atom. The predicted molar refractivity (Wildman–Crippen MR) is 85.8 cm³/mol. The van der Waals surface area contributed by atoms with Gasteiger partial charge in [0.1, 0.15) is 0 Å². The molecule has 0 amide bonds. The topological polar surface area (TPSA) is 72.2 Å². The number of nitrogens with one attached hydrogen (secondary N) is 1. The highest BCUT2D eigenvalue weighted by molar-refractivity contribution is 7.90. The lowest BCUT2D eigenvalue weighted by Gasteiger charge is -2.17. The molecule has 0 aliphatic heterocycles. The molecule has 0 spiro atoms. The van der Waals surface area contributed by atoms with Gasteiger partial charge in [0.05, 0.1) is 16.3 Å². The number of nitrogen functional groups attached to an aromatic ring is 1. The first-order valence-corrected chi connectivity index (χ1v) is 9.11. The van der Waals surface area contributed by atoms with Crippen LogP contribution in [-0.2, 0) is 9.84 Å². The highest BCUT2D eigenvalue weighted by atomic mass is 32.2. The van der Waals surface area contributed by atoms with Crippen LogP contribution in [0.5, 0.6) is 0 Å². The maximum Gasteiger partial charge on any atom is 0.175 e. The van der Waals surface area contributed by atoms with Crippen molar-refractivity contribution >= 4 is 21.2 Å². The molecule has 0 fully saturated rings. The minimum Gasteiger partial charge on any atom is -0.397 e. The van der Waals surface area contributed by atoms with E-state index in [4.69, 9.17) is 5.73 Å². The van der Waals surface area contributed by atoms with Crippen LogP contribution in [0.25, 0.3) is 0 Å². The highest BCUT2D eigenvalue weighted by Gasteiger charge is 2.11. The van der Waals surface area contributed by atoms with Gasteiger partial charge in [-0.05, 0) is 30.5 Å². The SMILES string of the molecule is CCCCC(CC)CNc1ccc(S(C)(=O)=O)cc1N. The van der Waals surface area contributed by atoms with Crippen LogP contribution in [0.2, 0.25) is 0 Å². The normalized spacial score (nSPS) is 13.2. The molecule has 114 valence electrons. The summed E-state index contributed by atoms with van der Waals surface area (Å²) in [5.41, 5.74) is 7.22. The minimum absolute atomic E-state index is 0.263. The summed E-state index contributed by atoms with van der Waals surface area (Å²) in [5, 5.41) is 3.33. The first-order valence-electron chi connectivity index (χ1n) is 7.21. The van der Waals surface area contributed by atoms with Crippen molar-refractivity contribution in [2.75, 3.05) is 23.9 Å². The van der Waals surface area contributed by atoms with Gasteiger partial charge in [0.2, 0.25) is 0 Å². The van der Waals surface area contributed by atoms with Gasteiger partial charge < -0.3 is 11.1 Å². The van der Waals surface area contributed by atoms with Crippen molar-refractivity contribution in [1.82, 2.24) is 0 Å². The molecule has 0 heterocycles. The number of unbranched alkanes of at least 4 members (excludes halogenated alkanes) is 1. The van der Waals surface area contributed by atoms with Crippen molar-refractivity contribution in [1.29, 1.82) is 0 Å². The van der Waals surface area contributed by atoms with Gasteiger partial charge in [-0.15, -0.1) is 0 Å². The number of hydrogen-bond donors (Lipinski definition) is 2. The lowest BCUT2D eigenvalue weighted by molar-refractivity contribution is 0.473. The van der Waals surface area contributed by atoms with Crippen molar-refractivity contribution in [2.24, 2.45) is 5.92 Å². The molecular formula is C15H26N2O2S. The molecule has 0 saturated carbocycles. The van der Waals surface area contributed by atoms with Crippen molar-refractivity contribution in [3.8, 4) is 0 Å². The monoisotopic (exact) mass is 298 g/mol. The number of rotatable bonds is 8. The Labute approximate surface area is 122 Å². The van der Waals surface area contributed by atoms with Gasteiger partial charge in [-0.1, -0.05) is 33.1 Å². The molecule has 0 aromatic heterocycles. The minimum atomic E-state index is -3.20. The van der Waals surface area contributed by atoms with Gasteiger partial charge in [0.15, 0.2) is 9.84 Å². The van der Waals surface area contributed by atoms with E-state index in [0.29, 0.717) is 11.6 Å². The van der Waals surface area contributed by atoms with E-state index in [-0.39, 0.29) is 4.90 Å². The van der Waals surface area contributed by atoms with E-state index < -0.39 is 9.84 Å². The standard InChI is InChI=1S/C15H26N2O2S/c1-4-6-7-12(5-2)11-17-15-9-8-13(10-14(15)16)20(3,18)19/h8-10,12,17H,4-7,11,16H2,1-3H3. The maximum atomic E-state index is 11.5. The zero-order chi connectivity index (χ0) is 15.2. The van der Waals surface area contributed by atoms with Gasteiger partial charge in [0.25, 0.3) is 0 Å². The molecule has 1 atom stereocenters. The second-order valence-electron chi connectivity index (χ2n) is 5.32. The third-order valence-electron chi connectivity index (χ3n) is 3.58. The zero-order valence-corrected chi connectivity index (χ0v) is 13.5. The fourth-order valence-corrected chi connectivity index (χ4v) is 2.79. The summed E-state index contributed by atoms with van der Waals surface area (Å²) in [7, 11) is -3.20. The maximum absolute atomic E-state index is 11.5. The number of nitrogens with two attached hydrogens (primary N) is 1. The van der Waals surface area contributed by atoms with Crippen LogP contribution < -0.4 is 11.1 Å². The Bertz CT molecular complexity index is 527. The average molecular weight is 298 g/mol. The molecule has 3 N–H and O–H groups in total. The number of anilines is 2. The molecule has 0 saturated heterocycles. The van der Waals surface area contributed by atoms with Gasteiger partial charge >= 0.3 is 0 Å². The first kappa shape index (κ1) is 16.8. The van der Waals surface area contributed by atoms with E-state index in [1.165, 1.54) is 31.6 Å². The molecule has 0 aliphatic carbocycles. The number of benzene rings is 1. The molecule has 0 radical (unpaired) electrons. The molecule has 20 heavy (non-hydrogen) atoms. The fourth-order valence-electron chi connectivity index (χ4n) is 2.13. The Hall–Kier alpha value is -1.23. The zero-order valence-electron chi connectivity index (χ0n) is 12.6. The van der Waals surface area contributed by atoms with Crippen LogP contribution in [0.15, 0.2) is 23.1 Å². The molecule has 1 aromatic carbocycles. The van der Waals surface area contributed by atoms with E-state index in [1.54, 1.807) is 12.1 Å². The summed E-state index contributed by atoms with van der Waals surface area (Å²) in [4.78, 5) is 0.263. The van der Waals surface area contributed by atoms with E-state index in [1.807, 2.05) is 0 Å². The summed E-state index contributed by atoms with van der Waals surface area (Å²) in [6.07, 6.45) is 5.98. The second kappa shape index (κ2) is 7.53. The van der Waals surface area contributed by atoms with Crippen LogP contribution in [0, 0.1) is 5.92 Å². The molecule has 1 unspecified atom stereocenters. The van der Waals surface area contributed by atoms with Crippen LogP contribution in [0.1, 0.15) is 39.5 Å². The molecule has 5 heteroatoms. The third-order valence-corrected chi connectivity index (χ3v) is 4.69. The Morgan fingerprint density at radius 2 is 2.00 bits per heavy atom. The van der Waals surface area contributed by atoms with Gasteiger partial charge in [-0.2, -0.15) is 0 Å². The van der Waals surface area contributed by atoms with Crippen molar-refractivity contribution in [2.45, 2.75) is 44.4 Å². The van der Waals surface area contributed by atoms with Crippen LogP contribution in [0.3, 0.4) is 0 Å². The highest BCUT2D eigenvalue weighted by Crippen LogP contribution is 2.23. The molecule has 0 aliphatic rings. The molecule has 1 rings (SSSR count). The summed E-state index contributed by atoms with van der Waals surface area (Å²) >= 11 is 0. The quantitative estimate of drug-likeness (QED) is 0.722. The molecule has 1 aromatic rings. The van der Waals surface area contributed by atoms with Crippen LogP contribution in [-0.4, -0.2) is 21.2 Å². The van der Waals surface area contributed by atoms with E-state index in [0.717, 1.165) is 18.7 Å². The predicted octanol–water partition coefficient (Wildman–Crippen LogP) is 3.30. The van der Waals surface area contributed by atoms with Crippen LogP contribution in [0.4, 0.5) is 11.4 Å².